The van der Waals surface area contributed by atoms with Gasteiger partial charge in [0.15, 0.2) is 5.16 Å². The van der Waals surface area contributed by atoms with Crippen LogP contribution in [0.4, 0.5) is 14.5 Å². The largest absolute Gasteiger partial charge is 0.333 e. The smallest absolute Gasteiger partial charge is 0.237 e. The van der Waals surface area contributed by atoms with Gasteiger partial charge in [-0.3, -0.25) is 4.79 Å². The highest BCUT2D eigenvalue weighted by Crippen LogP contribution is 2.26. The molecule has 0 aliphatic heterocycles. The molecule has 0 aliphatic carbocycles. The summed E-state index contributed by atoms with van der Waals surface area (Å²) < 4.78 is 27.2. The second kappa shape index (κ2) is 6.78. The van der Waals surface area contributed by atoms with Crippen LogP contribution in [0.2, 0.25) is 5.02 Å². The number of amides is 1. The number of aromatic amines is 1. The van der Waals surface area contributed by atoms with Crippen molar-refractivity contribution in [3.63, 3.8) is 0 Å². The Hall–Kier alpha value is -2.12. The Balaban J connectivity index is 1.73. The normalized spacial score (nSPS) is 12.3. The summed E-state index contributed by atoms with van der Waals surface area (Å²) in [5.41, 5.74) is 1.01. The predicted octanol–water partition coefficient (Wildman–Crippen LogP) is 4.61. The minimum atomic E-state index is -0.820. The first-order chi connectivity index (χ1) is 11.4. The standard InChI is InChI=1S/C16H12ClF2N3OS/c1-8(15(23)22-14-10(18)3-2-4-11(14)19)24-16-20-12-6-5-9(17)7-13(12)21-16/h2-8H,1H3,(H,20,21)(H,22,23). The van der Waals surface area contributed by atoms with Crippen LogP contribution in [0, 0.1) is 11.6 Å². The zero-order valence-corrected chi connectivity index (χ0v) is 14.0. The summed E-state index contributed by atoms with van der Waals surface area (Å²) in [5.74, 6) is -2.17. The highest BCUT2D eigenvalue weighted by Gasteiger charge is 2.19. The summed E-state index contributed by atoms with van der Waals surface area (Å²) in [5, 5.41) is 2.75. The van der Waals surface area contributed by atoms with E-state index in [0.717, 1.165) is 34.9 Å². The number of para-hydroxylation sites is 1. The molecule has 0 radical (unpaired) electrons. The summed E-state index contributed by atoms with van der Waals surface area (Å²) >= 11 is 7.06. The average Bonchev–Trinajstić information content (AvgIpc) is 2.92. The second-order valence-corrected chi connectivity index (χ2v) is 6.82. The molecule has 0 spiro atoms. The van der Waals surface area contributed by atoms with E-state index in [4.69, 9.17) is 11.6 Å². The van der Waals surface area contributed by atoms with Crippen molar-refractivity contribution in [2.24, 2.45) is 0 Å². The number of aromatic nitrogens is 2. The molecule has 1 aromatic heterocycles. The molecule has 1 heterocycles. The lowest BCUT2D eigenvalue weighted by Gasteiger charge is -2.11. The van der Waals surface area contributed by atoms with Gasteiger partial charge in [0.1, 0.15) is 17.3 Å². The van der Waals surface area contributed by atoms with Gasteiger partial charge in [-0.2, -0.15) is 0 Å². The van der Waals surface area contributed by atoms with E-state index in [1.54, 1.807) is 25.1 Å². The molecule has 24 heavy (non-hydrogen) atoms. The van der Waals surface area contributed by atoms with Gasteiger partial charge in [0.2, 0.25) is 5.91 Å². The molecule has 1 amide bonds. The summed E-state index contributed by atoms with van der Waals surface area (Å²) in [4.78, 5) is 19.5. The summed E-state index contributed by atoms with van der Waals surface area (Å²) in [6.07, 6.45) is 0. The number of H-pyrrole nitrogens is 1. The molecule has 0 saturated carbocycles. The number of nitrogens with one attached hydrogen (secondary N) is 2. The Morgan fingerprint density at radius 3 is 2.71 bits per heavy atom. The fraction of sp³-hybridized carbons (Fsp3) is 0.125. The molecule has 3 aromatic rings. The number of anilines is 1. The van der Waals surface area contributed by atoms with Gasteiger partial charge in [-0.15, -0.1) is 0 Å². The SMILES string of the molecule is CC(Sc1nc2ccc(Cl)cc2[nH]1)C(=O)Nc1c(F)cccc1F. The Labute approximate surface area is 145 Å². The van der Waals surface area contributed by atoms with Crippen LogP contribution >= 0.6 is 23.4 Å². The fourth-order valence-electron chi connectivity index (χ4n) is 2.08. The number of fused-ring (bicyclic) bond motifs is 1. The Bertz CT molecular complexity index is 895. The van der Waals surface area contributed by atoms with Crippen molar-refractivity contribution < 1.29 is 13.6 Å². The summed E-state index contributed by atoms with van der Waals surface area (Å²) in [6, 6.07) is 8.61. The highest BCUT2D eigenvalue weighted by molar-refractivity contribution is 8.00. The van der Waals surface area contributed by atoms with E-state index in [9.17, 15) is 13.6 Å². The number of carbonyl (C=O) groups is 1. The molecule has 124 valence electrons. The monoisotopic (exact) mass is 367 g/mol. The maximum Gasteiger partial charge on any atom is 0.237 e. The number of hydrogen-bond donors (Lipinski definition) is 2. The van der Waals surface area contributed by atoms with E-state index in [-0.39, 0.29) is 0 Å². The lowest BCUT2D eigenvalue weighted by atomic mass is 10.3. The molecular weight excluding hydrogens is 356 g/mol. The van der Waals surface area contributed by atoms with E-state index < -0.39 is 28.5 Å². The van der Waals surface area contributed by atoms with Crippen LogP contribution in [0.3, 0.4) is 0 Å². The topological polar surface area (TPSA) is 57.8 Å². The van der Waals surface area contributed by atoms with E-state index in [1.165, 1.54) is 6.07 Å². The maximum absolute atomic E-state index is 13.6. The van der Waals surface area contributed by atoms with Gasteiger partial charge in [-0.05, 0) is 37.3 Å². The third-order valence-corrected chi connectivity index (χ3v) is 4.51. The van der Waals surface area contributed by atoms with Crippen molar-refractivity contribution in [1.29, 1.82) is 0 Å². The zero-order valence-electron chi connectivity index (χ0n) is 12.4. The van der Waals surface area contributed by atoms with Gasteiger partial charge in [0.25, 0.3) is 0 Å². The lowest BCUT2D eigenvalue weighted by Crippen LogP contribution is -2.23. The molecule has 1 atom stereocenters. The minimum absolute atomic E-state index is 0.452. The Morgan fingerprint density at radius 1 is 1.29 bits per heavy atom. The molecule has 0 fully saturated rings. The van der Waals surface area contributed by atoms with Gasteiger partial charge >= 0.3 is 0 Å². The molecule has 2 N–H and O–H groups in total. The van der Waals surface area contributed by atoms with Crippen molar-refractivity contribution in [1.82, 2.24) is 9.97 Å². The first-order valence-electron chi connectivity index (χ1n) is 7.01. The van der Waals surface area contributed by atoms with Crippen molar-refractivity contribution in [2.45, 2.75) is 17.3 Å². The van der Waals surface area contributed by atoms with Crippen LogP contribution in [-0.2, 0) is 4.79 Å². The number of hydrogen-bond acceptors (Lipinski definition) is 3. The van der Waals surface area contributed by atoms with Crippen LogP contribution in [0.5, 0.6) is 0 Å². The highest BCUT2D eigenvalue weighted by atomic mass is 35.5. The number of carbonyl (C=O) groups excluding carboxylic acids is 1. The maximum atomic E-state index is 13.6. The Kier molecular flexibility index (Phi) is 4.73. The zero-order chi connectivity index (χ0) is 17.3. The quantitative estimate of drug-likeness (QED) is 0.662. The van der Waals surface area contributed by atoms with Gasteiger partial charge in [-0.1, -0.05) is 29.4 Å². The van der Waals surface area contributed by atoms with Crippen LogP contribution in [0.1, 0.15) is 6.92 Å². The van der Waals surface area contributed by atoms with Crippen molar-refractivity contribution in [3.05, 3.63) is 53.1 Å². The molecule has 4 nitrogen and oxygen atoms in total. The van der Waals surface area contributed by atoms with Crippen LogP contribution in [-0.4, -0.2) is 21.1 Å². The van der Waals surface area contributed by atoms with Crippen molar-refractivity contribution in [3.8, 4) is 0 Å². The predicted molar refractivity (Wildman–Crippen MR) is 91.4 cm³/mol. The first-order valence-corrected chi connectivity index (χ1v) is 8.26. The number of nitrogens with zero attached hydrogens (tertiary/aromatic N) is 1. The molecule has 3 rings (SSSR count). The number of halogens is 3. The molecular formula is C16H12ClF2N3OS. The minimum Gasteiger partial charge on any atom is -0.333 e. The molecule has 0 saturated heterocycles. The van der Waals surface area contributed by atoms with Gasteiger partial charge < -0.3 is 10.3 Å². The molecule has 2 aromatic carbocycles. The lowest BCUT2D eigenvalue weighted by molar-refractivity contribution is -0.115. The summed E-state index contributed by atoms with van der Waals surface area (Å²) in [7, 11) is 0. The van der Waals surface area contributed by atoms with Gasteiger partial charge in [0.05, 0.1) is 16.3 Å². The number of imidazole rings is 1. The summed E-state index contributed by atoms with van der Waals surface area (Å²) in [6.45, 7) is 1.62. The van der Waals surface area contributed by atoms with Crippen LogP contribution in [0.15, 0.2) is 41.6 Å². The van der Waals surface area contributed by atoms with Crippen LogP contribution in [0.25, 0.3) is 11.0 Å². The third kappa shape index (κ3) is 3.52. The molecule has 0 aliphatic rings. The van der Waals surface area contributed by atoms with Crippen molar-refractivity contribution in [2.75, 3.05) is 5.32 Å². The third-order valence-electron chi connectivity index (χ3n) is 3.29. The number of benzene rings is 2. The fourth-order valence-corrected chi connectivity index (χ4v) is 3.07. The van der Waals surface area contributed by atoms with Crippen molar-refractivity contribution >= 4 is 46.0 Å². The average molecular weight is 368 g/mol. The molecule has 8 heteroatoms. The second-order valence-electron chi connectivity index (χ2n) is 5.05. The van der Waals surface area contributed by atoms with E-state index in [2.05, 4.69) is 15.3 Å². The van der Waals surface area contributed by atoms with Crippen LogP contribution < -0.4 is 5.32 Å². The van der Waals surface area contributed by atoms with E-state index in [1.807, 2.05) is 0 Å². The molecule has 0 bridgehead atoms. The number of rotatable bonds is 4. The molecule has 1 unspecified atom stereocenters. The van der Waals surface area contributed by atoms with E-state index in [0.29, 0.717) is 10.2 Å². The van der Waals surface area contributed by atoms with Gasteiger partial charge in [-0.25, -0.2) is 13.8 Å². The first kappa shape index (κ1) is 16.7. The van der Waals surface area contributed by atoms with E-state index >= 15 is 0 Å². The van der Waals surface area contributed by atoms with Gasteiger partial charge in [0, 0.05) is 5.02 Å². The Morgan fingerprint density at radius 2 is 2.00 bits per heavy atom. The number of thioether (sulfide) groups is 1.